The molecule has 1 fully saturated rings. The van der Waals surface area contributed by atoms with Crippen LogP contribution in [0.4, 0.5) is 8.78 Å². The van der Waals surface area contributed by atoms with Crippen LogP contribution in [0.5, 0.6) is 6.01 Å². The third-order valence-corrected chi connectivity index (χ3v) is 6.40. The zero-order chi connectivity index (χ0) is 24.5. The van der Waals surface area contributed by atoms with E-state index in [1.54, 1.807) is 12.1 Å². The zero-order valence-electron chi connectivity index (χ0n) is 19.2. The molecular formula is C27H26F2N2O4. The van der Waals surface area contributed by atoms with E-state index < -0.39 is 29.9 Å². The molecule has 0 spiro atoms. The highest BCUT2D eigenvalue weighted by Gasteiger charge is 2.31. The van der Waals surface area contributed by atoms with Crippen molar-refractivity contribution in [2.24, 2.45) is 0 Å². The van der Waals surface area contributed by atoms with Crippen LogP contribution in [0, 0.1) is 11.6 Å². The summed E-state index contributed by atoms with van der Waals surface area (Å²) in [5.41, 5.74) is 3.59. The summed E-state index contributed by atoms with van der Waals surface area (Å²) in [7, 11) is 0. The number of halogens is 2. The van der Waals surface area contributed by atoms with Gasteiger partial charge in [-0.1, -0.05) is 55.5 Å². The predicted octanol–water partition coefficient (Wildman–Crippen LogP) is 4.63. The fourth-order valence-corrected chi connectivity index (χ4v) is 4.39. The van der Waals surface area contributed by atoms with Crippen molar-refractivity contribution < 1.29 is 28.5 Å². The number of nitrogens with zero attached hydrogens (tertiary/aromatic N) is 1. The van der Waals surface area contributed by atoms with Gasteiger partial charge < -0.3 is 24.7 Å². The number of aromatic amines is 1. The molecule has 3 atom stereocenters. The Labute approximate surface area is 201 Å². The molecule has 1 aliphatic heterocycles. The van der Waals surface area contributed by atoms with Crippen molar-refractivity contribution in [1.29, 1.82) is 0 Å². The third-order valence-electron chi connectivity index (χ3n) is 6.40. The van der Waals surface area contributed by atoms with E-state index in [-0.39, 0.29) is 42.2 Å². The molecule has 0 bridgehead atoms. The Morgan fingerprint density at radius 2 is 1.71 bits per heavy atom. The molecule has 2 heterocycles. The van der Waals surface area contributed by atoms with Gasteiger partial charge in [-0.15, -0.1) is 0 Å². The van der Waals surface area contributed by atoms with Crippen molar-refractivity contribution in [3.05, 3.63) is 71.8 Å². The average molecular weight is 481 g/mol. The Morgan fingerprint density at radius 1 is 1.06 bits per heavy atom. The van der Waals surface area contributed by atoms with Crippen molar-refractivity contribution in [2.75, 3.05) is 13.2 Å². The lowest BCUT2D eigenvalue weighted by Gasteiger charge is -2.31. The highest BCUT2D eigenvalue weighted by molar-refractivity contribution is 5.84. The van der Waals surface area contributed by atoms with Gasteiger partial charge in [-0.2, -0.15) is 4.98 Å². The van der Waals surface area contributed by atoms with Gasteiger partial charge in [-0.05, 0) is 28.7 Å². The number of imidazole rings is 1. The fourth-order valence-electron chi connectivity index (χ4n) is 4.39. The summed E-state index contributed by atoms with van der Waals surface area (Å²) >= 11 is 0. The first-order valence-electron chi connectivity index (χ1n) is 11.6. The van der Waals surface area contributed by atoms with Crippen LogP contribution in [0.3, 0.4) is 0 Å². The molecule has 3 aromatic carbocycles. The summed E-state index contributed by atoms with van der Waals surface area (Å²) in [6.07, 6.45) is -0.920. The van der Waals surface area contributed by atoms with Crippen LogP contribution in [0.15, 0.2) is 54.6 Å². The lowest BCUT2D eigenvalue weighted by Crippen LogP contribution is -2.45. The molecule has 182 valence electrons. The van der Waals surface area contributed by atoms with Crippen LogP contribution in [0.25, 0.3) is 33.3 Å². The minimum absolute atomic E-state index is 0.00423. The number of aromatic nitrogens is 2. The number of H-pyrrole nitrogens is 1. The lowest BCUT2D eigenvalue weighted by atomic mass is 9.98. The van der Waals surface area contributed by atoms with E-state index in [4.69, 9.17) is 9.47 Å². The minimum Gasteiger partial charge on any atom is -0.459 e. The second kappa shape index (κ2) is 9.73. The molecule has 5 rings (SSSR count). The topological polar surface area (TPSA) is 87.6 Å². The highest BCUT2D eigenvalue weighted by atomic mass is 19.1. The van der Waals surface area contributed by atoms with Gasteiger partial charge >= 0.3 is 0 Å². The molecule has 1 saturated heterocycles. The maximum absolute atomic E-state index is 15.4. The molecule has 8 heteroatoms. The molecule has 0 unspecified atom stereocenters. The number of hydrogen-bond donors (Lipinski definition) is 3. The number of benzene rings is 3. The van der Waals surface area contributed by atoms with Crippen LogP contribution in [0.2, 0.25) is 0 Å². The van der Waals surface area contributed by atoms with Gasteiger partial charge in [0, 0.05) is 12.5 Å². The summed E-state index contributed by atoms with van der Waals surface area (Å²) in [4.78, 5) is 6.96. The Bertz CT molecular complexity index is 1320. The van der Waals surface area contributed by atoms with Crippen LogP contribution in [-0.4, -0.2) is 51.7 Å². The van der Waals surface area contributed by atoms with Crippen molar-refractivity contribution >= 4 is 11.0 Å². The van der Waals surface area contributed by atoms with Gasteiger partial charge in [0.25, 0.3) is 6.01 Å². The third kappa shape index (κ3) is 4.65. The molecule has 0 radical (unpaired) electrons. The van der Waals surface area contributed by atoms with Crippen molar-refractivity contribution in [3.8, 4) is 28.3 Å². The monoisotopic (exact) mass is 480 g/mol. The largest absolute Gasteiger partial charge is 0.459 e. The normalized spacial score (nSPS) is 20.3. The second-order valence-electron chi connectivity index (χ2n) is 8.71. The Balaban J connectivity index is 1.40. The fraction of sp³-hybridized carbons (Fsp3) is 0.296. The number of fused-ring (bicyclic) bond motifs is 1. The van der Waals surface area contributed by atoms with E-state index >= 15 is 4.39 Å². The number of aryl methyl sites for hydroxylation is 1. The summed E-state index contributed by atoms with van der Waals surface area (Å²) in [5, 5.41) is 19.2. The summed E-state index contributed by atoms with van der Waals surface area (Å²) in [5.74, 6) is -1.50. The number of rotatable bonds is 6. The standard InChI is InChI=1S/C27H26F2N2O4/c1-2-15-3-5-16(6-4-15)17-7-9-18(10-8-17)24-20(28)12-21-26(25(24)29)31-27(30-21)35-19-11-22(33)23(13-32)34-14-19/h3-10,12,19,22-23,32-33H,2,11,13-14H2,1H3,(H,30,31)/t19-,22+,23-/m1/s1. The molecular weight excluding hydrogens is 454 g/mol. The van der Waals surface area contributed by atoms with Crippen molar-refractivity contribution in [1.82, 2.24) is 9.97 Å². The van der Waals surface area contributed by atoms with E-state index in [9.17, 15) is 14.6 Å². The maximum atomic E-state index is 15.4. The number of aliphatic hydroxyl groups is 2. The summed E-state index contributed by atoms with van der Waals surface area (Å²) in [6, 6.07) is 16.5. The highest BCUT2D eigenvalue weighted by Crippen LogP contribution is 2.33. The second-order valence-corrected chi connectivity index (χ2v) is 8.71. The van der Waals surface area contributed by atoms with E-state index in [2.05, 4.69) is 29.0 Å². The number of aliphatic hydroxyl groups excluding tert-OH is 2. The van der Waals surface area contributed by atoms with Crippen LogP contribution < -0.4 is 4.74 Å². The Morgan fingerprint density at radius 3 is 2.34 bits per heavy atom. The number of nitrogens with one attached hydrogen (secondary N) is 1. The Kier molecular flexibility index (Phi) is 6.51. The van der Waals surface area contributed by atoms with Gasteiger partial charge in [0.15, 0.2) is 5.82 Å². The predicted molar refractivity (Wildman–Crippen MR) is 128 cm³/mol. The van der Waals surface area contributed by atoms with Gasteiger partial charge in [0.2, 0.25) is 0 Å². The molecule has 6 nitrogen and oxygen atoms in total. The lowest BCUT2D eigenvalue weighted by molar-refractivity contribution is -0.131. The average Bonchev–Trinajstić information content (AvgIpc) is 3.27. The maximum Gasteiger partial charge on any atom is 0.295 e. The van der Waals surface area contributed by atoms with Crippen molar-refractivity contribution in [2.45, 2.75) is 38.1 Å². The zero-order valence-corrected chi connectivity index (χ0v) is 19.2. The SMILES string of the molecule is CCc1ccc(-c2ccc(-c3c(F)cc4[nH]c(O[C@H]5CO[C@H](CO)[C@@H](O)C5)nc4c3F)cc2)cc1. The van der Waals surface area contributed by atoms with Gasteiger partial charge in [0.1, 0.15) is 23.5 Å². The first kappa shape index (κ1) is 23.4. The quantitative estimate of drug-likeness (QED) is 0.375. The van der Waals surface area contributed by atoms with E-state index in [1.165, 1.54) is 11.6 Å². The molecule has 0 saturated carbocycles. The van der Waals surface area contributed by atoms with Gasteiger partial charge in [-0.25, -0.2) is 8.78 Å². The minimum atomic E-state index is -0.892. The molecule has 0 amide bonds. The first-order valence-corrected chi connectivity index (χ1v) is 11.6. The molecule has 1 aliphatic rings. The van der Waals surface area contributed by atoms with Gasteiger partial charge in [0.05, 0.1) is 30.4 Å². The number of ether oxygens (including phenoxy) is 2. The van der Waals surface area contributed by atoms with Crippen LogP contribution in [0.1, 0.15) is 18.9 Å². The van der Waals surface area contributed by atoms with E-state index in [0.717, 1.165) is 17.5 Å². The summed E-state index contributed by atoms with van der Waals surface area (Å²) < 4.78 is 41.4. The molecule has 3 N–H and O–H groups in total. The molecule has 0 aliphatic carbocycles. The van der Waals surface area contributed by atoms with E-state index in [1.807, 2.05) is 24.3 Å². The van der Waals surface area contributed by atoms with Crippen LogP contribution in [-0.2, 0) is 11.2 Å². The summed E-state index contributed by atoms with van der Waals surface area (Å²) in [6.45, 7) is 1.94. The molecule has 4 aromatic rings. The Hall–Kier alpha value is -3.33. The van der Waals surface area contributed by atoms with E-state index in [0.29, 0.717) is 5.56 Å². The first-order chi connectivity index (χ1) is 17.0. The van der Waals surface area contributed by atoms with Gasteiger partial charge in [-0.3, -0.25) is 0 Å². The smallest absolute Gasteiger partial charge is 0.295 e. The van der Waals surface area contributed by atoms with Crippen molar-refractivity contribution in [3.63, 3.8) is 0 Å². The molecule has 1 aromatic heterocycles. The molecule has 35 heavy (non-hydrogen) atoms. The van der Waals surface area contributed by atoms with Crippen LogP contribution >= 0.6 is 0 Å². The number of hydrogen-bond acceptors (Lipinski definition) is 5.